The summed E-state index contributed by atoms with van der Waals surface area (Å²) >= 11 is 1.42. The second-order valence-corrected chi connectivity index (χ2v) is 7.62. The number of aromatic nitrogens is 1. The molecule has 0 aliphatic carbocycles. The van der Waals surface area contributed by atoms with E-state index in [0.29, 0.717) is 41.6 Å². The summed E-state index contributed by atoms with van der Waals surface area (Å²) in [5.74, 6) is 0.478. The van der Waals surface area contributed by atoms with E-state index in [1.165, 1.54) is 18.4 Å². The van der Waals surface area contributed by atoms with Crippen molar-refractivity contribution < 1.29 is 23.8 Å². The monoisotopic (exact) mass is 412 g/mol. The van der Waals surface area contributed by atoms with Crippen LogP contribution in [0.4, 0.5) is 0 Å². The van der Waals surface area contributed by atoms with E-state index in [-0.39, 0.29) is 18.3 Å². The van der Waals surface area contributed by atoms with Crippen LogP contribution in [0.5, 0.6) is 11.5 Å². The molecule has 8 heteroatoms. The Morgan fingerprint density at radius 2 is 1.93 bits per heavy atom. The van der Waals surface area contributed by atoms with Gasteiger partial charge in [-0.3, -0.25) is 9.59 Å². The van der Waals surface area contributed by atoms with Crippen molar-refractivity contribution in [1.29, 1.82) is 0 Å². The second kappa shape index (κ2) is 8.08. The van der Waals surface area contributed by atoms with Crippen molar-refractivity contribution in [3.05, 3.63) is 52.3 Å². The molecular formula is C21H20N2O5S. The van der Waals surface area contributed by atoms with Crippen molar-refractivity contribution in [2.45, 2.75) is 19.9 Å². The number of thiazole rings is 1. The predicted molar refractivity (Wildman–Crippen MR) is 109 cm³/mol. The first-order chi connectivity index (χ1) is 14.0. The molecule has 2 heterocycles. The minimum absolute atomic E-state index is 0.196. The van der Waals surface area contributed by atoms with Crippen LogP contribution >= 0.6 is 11.3 Å². The lowest BCUT2D eigenvalue weighted by Crippen LogP contribution is -2.19. The van der Waals surface area contributed by atoms with Gasteiger partial charge in [-0.05, 0) is 42.8 Å². The minimum Gasteiger partial charge on any atom is -0.486 e. The van der Waals surface area contributed by atoms with Crippen molar-refractivity contribution in [2.24, 2.45) is 4.99 Å². The Bertz CT molecular complexity index is 1160. The van der Waals surface area contributed by atoms with E-state index in [4.69, 9.17) is 14.2 Å². The van der Waals surface area contributed by atoms with Gasteiger partial charge in [0.15, 0.2) is 16.3 Å². The molecule has 0 unspecified atom stereocenters. The number of benzene rings is 2. The van der Waals surface area contributed by atoms with Crippen molar-refractivity contribution in [2.75, 3.05) is 20.3 Å². The normalized spacial score (nSPS) is 13.5. The standard InChI is InChI=1S/C21H20N2O5S/c1-13-3-5-15-18(11-13)29-21(23(15)8-7-19(24)26-2)22-20(25)14-4-6-16-17(12-14)28-10-9-27-16/h3-6,11-12H,7-10H2,1-2H3. The number of nitrogens with zero attached hydrogens (tertiary/aromatic N) is 2. The largest absolute Gasteiger partial charge is 0.486 e. The number of hydrogen-bond acceptors (Lipinski definition) is 6. The number of esters is 1. The van der Waals surface area contributed by atoms with Crippen LogP contribution in [0, 0.1) is 6.92 Å². The average Bonchev–Trinajstić information content (AvgIpc) is 3.07. The van der Waals surface area contributed by atoms with Crippen LogP contribution in [-0.4, -0.2) is 36.8 Å². The highest BCUT2D eigenvalue weighted by Gasteiger charge is 2.16. The maximum atomic E-state index is 12.8. The van der Waals surface area contributed by atoms with Crippen LogP contribution in [0.1, 0.15) is 22.3 Å². The van der Waals surface area contributed by atoms with Crippen LogP contribution in [0.3, 0.4) is 0 Å². The summed E-state index contributed by atoms with van der Waals surface area (Å²) in [5.41, 5.74) is 2.46. The molecule has 0 spiro atoms. The number of amides is 1. The van der Waals surface area contributed by atoms with E-state index in [9.17, 15) is 9.59 Å². The van der Waals surface area contributed by atoms with E-state index in [1.54, 1.807) is 18.2 Å². The number of aryl methyl sites for hydroxylation is 2. The third-order valence-electron chi connectivity index (χ3n) is 4.59. The summed E-state index contributed by atoms with van der Waals surface area (Å²) in [6.45, 7) is 3.33. The molecule has 0 saturated heterocycles. The van der Waals surface area contributed by atoms with Crippen LogP contribution in [0.15, 0.2) is 41.4 Å². The summed E-state index contributed by atoms with van der Waals surface area (Å²) in [7, 11) is 1.36. The molecule has 3 aromatic rings. The average molecular weight is 412 g/mol. The highest BCUT2D eigenvalue weighted by atomic mass is 32.1. The Balaban J connectivity index is 1.74. The van der Waals surface area contributed by atoms with Gasteiger partial charge in [0.25, 0.3) is 5.91 Å². The fourth-order valence-electron chi connectivity index (χ4n) is 3.11. The zero-order valence-corrected chi connectivity index (χ0v) is 17.0. The maximum absolute atomic E-state index is 12.8. The molecule has 150 valence electrons. The van der Waals surface area contributed by atoms with Gasteiger partial charge < -0.3 is 18.8 Å². The molecule has 29 heavy (non-hydrogen) atoms. The van der Waals surface area contributed by atoms with Crippen molar-refractivity contribution >= 4 is 33.4 Å². The molecule has 1 aliphatic rings. The Morgan fingerprint density at radius 1 is 1.14 bits per heavy atom. The van der Waals surface area contributed by atoms with E-state index in [0.717, 1.165) is 15.8 Å². The van der Waals surface area contributed by atoms with Gasteiger partial charge in [-0.25, -0.2) is 0 Å². The number of carbonyl (C=O) groups is 2. The first kappa shape index (κ1) is 19.2. The molecule has 4 rings (SSSR count). The topological polar surface area (TPSA) is 79.1 Å². The lowest BCUT2D eigenvalue weighted by molar-refractivity contribution is -0.140. The van der Waals surface area contributed by atoms with E-state index >= 15 is 0 Å². The number of methoxy groups -OCH3 is 1. The zero-order valence-electron chi connectivity index (χ0n) is 16.1. The van der Waals surface area contributed by atoms with Gasteiger partial charge in [0, 0.05) is 12.1 Å². The summed E-state index contributed by atoms with van der Waals surface area (Å²) in [4.78, 5) is 29.3. The Kier molecular flexibility index (Phi) is 5.35. The SMILES string of the molecule is COC(=O)CCn1c(=NC(=O)c2ccc3c(c2)OCCO3)sc2cc(C)ccc21. The molecule has 0 saturated carbocycles. The molecular weight excluding hydrogens is 392 g/mol. The lowest BCUT2D eigenvalue weighted by atomic mass is 10.2. The van der Waals surface area contributed by atoms with E-state index < -0.39 is 0 Å². The molecule has 1 amide bonds. The van der Waals surface area contributed by atoms with Crippen molar-refractivity contribution in [3.8, 4) is 11.5 Å². The molecule has 0 N–H and O–H groups in total. The van der Waals surface area contributed by atoms with Gasteiger partial charge in [0.05, 0.1) is 23.7 Å². The summed E-state index contributed by atoms with van der Waals surface area (Å²) in [6, 6.07) is 11.1. The molecule has 7 nitrogen and oxygen atoms in total. The lowest BCUT2D eigenvalue weighted by Gasteiger charge is -2.18. The predicted octanol–water partition coefficient (Wildman–Crippen LogP) is 3.09. The van der Waals surface area contributed by atoms with Crippen LogP contribution < -0.4 is 14.3 Å². The van der Waals surface area contributed by atoms with Gasteiger partial charge in [0.2, 0.25) is 0 Å². The quantitative estimate of drug-likeness (QED) is 0.616. The number of rotatable bonds is 4. The fraction of sp³-hybridized carbons (Fsp3) is 0.286. The van der Waals surface area contributed by atoms with Crippen LogP contribution in [0.25, 0.3) is 10.2 Å². The van der Waals surface area contributed by atoms with Crippen molar-refractivity contribution in [1.82, 2.24) is 4.57 Å². The first-order valence-electron chi connectivity index (χ1n) is 9.20. The summed E-state index contributed by atoms with van der Waals surface area (Å²) < 4.78 is 18.7. The molecule has 1 aromatic heterocycles. The third-order valence-corrected chi connectivity index (χ3v) is 5.63. The number of hydrogen-bond donors (Lipinski definition) is 0. The molecule has 0 bridgehead atoms. The number of ether oxygens (including phenoxy) is 3. The minimum atomic E-state index is -0.378. The second-order valence-electron chi connectivity index (χ2n) is 6.61. The van der Waals surface area contributed by atoms with Crippen molar-refractivity contribution in [3.63, 3.8) is 0 Å². The van der Waals surface area contributed by atoms with Crippen LogP contribution in [-0.2, 0) is 16.1 Å². The third kappa shape index (κ3) is 4.02. The Labute approximate surface area is 171 Å². The molecule has 0 radical (unpaired) electrons. The van der Waals surface area contributed by atoms with Gasteiger partial charge in [-0.2, -0.15) is 4.99 Å². The highest BCUT2D eigenvalue weighted by Crippen LogP contribution is 2.31. The van der Waals surface area contributed by atoms with E-state index in [2.05, 4.69) is 4.99 Å². The first-order valence-corrected chi connectivity index (χ1v) is 10.0. The summed E-state index contributed by atoms with van der Waals surface area (Å²) in [6.07, 6.45) is 0.196. The molecule has 2 aromatic carbocycles. The maximum Gasteiger partial charge on any atom is 0.307 e. The zero-order chi connectivity index (χ0) is 20.4. The summed E-state index contributed by atoms with van der Waals surface area (Å²) in [5, 5.41) is 0. The Morgan fingerprint density at radius 3 is 2.72 bits per heavy atom. The number of carbonyl (C=O) groups excluding carboxylic acids is 2. The van der Waals surface area contributed by atoms with Gasteiger partial charge >= 0.3 is 5.97 Å². The molecule has 0 atom stereocenters. The van der Waals surface area contributed by atoms with Crippen LogP contribution in [0.2, 0.25) is 0 Å². The van der Waals surface area contributed by atoms with Gasteiger partial charge in [-0.15, -0.1) is 0 Å². The fourth-order valence-corrected chi connectivity index (χ4v) is 4.27. The number of fused-ring (bicyclic) bond motifs is 2. The highest BCUT2D eigenvalue weighted by molar-refractivity contribution is 7.16. The molecule has 0 fully saturated rings. The van der Waals surface area contributed by atoms with E-state index in [1.807, 2.05) is 29.7 Å². The Hall–Kier alpha value is -3.13. The van der Waals surface area contributed by atoms with Gasteiger partial charge in [0.1, 0.15) is 13.2 Å². The van der Waals surface area contributed by atoms with Gasteiger partial charge in [-0.1, -0.05) is 17.4 Å². The smallest absolute Gasteiger partial charge is 0.307 e. The molecule has 1 aliphatic heterocycles.